The highest BCUT2D eigenvalue weighted by atomic mass is 32.2. The summed E-state index contributed by atoms with van der Waals surface area (Å²) in [5.74, 6) is 1.39. The molecule has 0 bridgehead atoms. The second-order valence-corrected chi connectivity index (χ2v) is 9.31. The van der Waals surface area contributed by atoms with Crippen molar-refractivity contribution in [3.8, 4) is 33.8 Å². The highest BCUT2D eigenvalue weighted by Crippen LogP contribution is 2.38. The molecule has 10 nitrogen and oxygen atoms in total. The minimum Gasteiger partial charge on any atom is -0.495 e. The molecule has 0 aliphatic rings. The molecule has 6 aromatic rings. The maximum absolute atomic E-state index is 5.84. The molecule has 5 aromatic heterocycles. The Kier molecular flexibility index (Phi) is 5.33. The van der Waals surface area contributed by atoms with Crippen molar-refractivity contribution >= 4 is 28.3 Å². The molecular formula is C25H22N8O2S. The molecule has 180 valence electrons. The monoisotopic (exact) mass is 498 g/mol. The number of ether oxygens (including phenoxy) is 2. The zero-order valence-corrected chi connectivity index (χ0v) is 20.9. The molecule has 0 fully saturated rings. The fourth-order valence-electron chi connectivity index (χ4n) is 4.19. The molecule has 11 heteroatoms. The number of benzene rings is 1. The maximum Gasteiger partial charge on any atom is 0.203 e. The van der Waals surface area contributed by atoms with Gasteiger partial charge in [0.1, 0.15) is 5.75 Å². The maximum atomic E-state index is 5.84. The molecular weight excluding hydrogens is 476 g/mol. The Morgan fingerprint density at radius 1 is 0.806 bits per heavy atom. The second-order valence-electron chi connectivity index (χ2n) is 8.26. The van der Waals surface area contributed by atoms with Crippen LogP contribution in [0.15, 0.2) is 71.5 Å². The molecule has 36 heavy (non-hydrogen) atoms. The summed E-state index contributed by atoms with van der Waals surface area (Å²) in [6.45, 7) is 0. The lowest BCUT2D eigenvalue weighted by Gasteiger charge is -2.11. The molecule has 0 radical (unpaired) electrons. The largest absolute Gasteiger partial charge is 0.495 e. The van der Waals surface area contributed by atoms with Crippen LogP contribution in [0, 0.1) is 0 Å². The number of methoxy groups -OCH3 is 2. The number of aryl methyl sites for hydroxylation is 2. The summed E-state index contributed by atoms with van der Waals surface area (Å²) >= 11 is 1.51. The van der Waals surface area contributed by atoms with Gasteiger partial charge < -0.3 is 9.47 Å². The first-order valence-corrected chi connectivity index (χ1v) is 11.9. The van der Waals surface area contributed by atoms with E-state index in [1.165, 1.54) is 11.8 Å². The first kappa shape index (κ1) is 22.1. The van der Waals surface area contributed by atoms with Crippen molar-refractivity contribution in [3.05, 3.63) is 61.4 Å². The van der Waals surface area contributed by atoms with Crippen molar-refractivity contribution in [2.24, 2.45) is 14.1 Å². The van der Waals surface area contributed by atoms with E-state index in [1.54, 1.807) is 29.8 Å². The number of hydrogen-bond acceptors (Lipinski definition) is 8. The summed E-state index contributed by atoms with van der Waals surface area (Å²) in [7, 11) is 7.08. The zero-order chi connectivity index (χ0) is 24.8. The van der Waals surface area contributed by atoms with E-state index in [4.69, 9.17) is 9.47 Å². The molecule has 6 rings (SSSR count). The zero-order valence-electron chi connectivity index (χ0n) is 20.1. The second kappa shape index (κ2) is 8.68. The van der Waals surface area contributed by atoms with Crippen LogP contribution in [0.1, 0.15) is 0 Å². The van der Waals surface area contributed by atoms with Gasteiger partial charge in [0.2, 0.25) is 10.8 Å². The molecule has 0 amide bonds. The molecule has 0 spiro atoms. The summed E-state index contributed by atoms with van der Waals surface area (Å²) in [5, 5.41) is 19.0. The predicted octanol–water partition coefficient (Wildman–Crippen LogP) is 4.25. The molecule has 5 heterocycles. The normalized spacial score (nSPS) is 11.4. The molecule has 0 N–H and O–H groups in total. The van der Waals surface area contributed by atoms with Crippen molar-refractivity contribution in [3.63, 3.8) is 0 Å². The third kappa shape index (κ3) is 3.73. The topological polar surface area (TPSA) is 97.2 Å². The van der Waals surface area contributed by atoms with Crippen LogP contribution < -0.4 is 9.47 Å². The third-order valence-corrected chi connectivity index (χ3v) is 6.87. The van der Waals surface area contributed by atoms with Gasteiger partial charge in [-0.25, -0.2) is 0 Å². The van der Waals surface area contributed by atoms with Gasteiger partial charge in [-0.05, 0) is 36.0 Å². The van der Waals surface area contributed by atoms with Gasteiger partial charge in [-0.3, -0.25) is 18.7 Å². The van der Waals surface area contributed by atoms with E-state index in [1.807, 2.05) is 67.7 Å². The standard InChI is InChI=1S/C25H22N8O2S/c1-31-12-16(9-27-31)15-7-22(34-3)24-29-30-25(33(24)14-15)36-18-5-6-21-19(8-18)23(35-4)20(11-26-21)17-10-28-32(2)13-17/h5-14H,1-4H3. The lowest BCUT2D eigenvalue weighted by Crippen LogP contribution is -1.94. The van der Waals surface area contributed by atoms with Gasteiger partial charge in [0, 0.05) is 71.4 Å². The Balaban J connectivity index is 1.44. The van der Waals surface area contributed by atoms with E-state index in [9.17, 15) is 0 Å². The van der Waals surface area contributed by atoms with Crippen molar-refractivity contribution in [1.82, 2.24) is 39.1 Å². The fourth-order valence-corrected chi connectivity index (χ4v) is 5.04. The van der Waals surface area contributed by atoms with Crippen LogP contribution in [0.2, 0.25) is 0 Å². The number of fused-ring (bicyclic) bond motifs is 2. The van der Waals surface area contributed by atoms with Crippen molar-refractivity contribution in [2.75, 3.05) is 14.2 Å². The third-order valence-electron chi connectivity index (χ3n) is 5.92. The van der Waals surface area contributed by atoms with Gasteiger partial charge in [-0.15, -0.1) is 10.2 Å². The van der Waals surface area contributed by atoms with Gasteiger partial charge >= 0.3 is 0 Å². The minimum atomic E-state index is 0.640. The average Bonchev–Trinajstić information content (AvgIpc) is 3.63. The van der Waals surface area contributed by atoms with Gasteiger partial charge in [-0.1, -0.05) is 0 Å². The summed E-state index contributed by atoms with van der Waals surface area (Å²) in [4.78, 5) is 5.63. The fraction of sp³-hybridized carbons (Fsp3) is 0.160. The molecule has 0 aliphatic carbocycles. The van der Waals surface area contributed by atoms with Gasteiger partial charge in [0.25, 0.3) is 0 Å². The number of rotatable bonds is 6. The van der Waals surface area contributed by atoms with Crippen molar-refractivity contribution in [2.45, 2.75) is 10.1 Å². The minimum absolute atomic E-state index is 0.640. The van der Waals surface area contributed by atoms with Gasteiger partial charge in [0.15, 0.2) is 5.75 Å². The highest BCUT2D eigenvalue weighted by Gasteiger charge is 2.17. The lowest BCUT2D eigenvalue weighted by molar-refractivity contribution is 0.417. The van der Waals surface area contributed by atoms with E-state index < -0.39 is 0 Å². The molecule has 0 saturated carbocycles. The number of pyridine rings is 2. The van der Waals surface area contributed by atoms with Crippen LogP contribution in [0.4, 0.5) is 0 Å². The summed E-state index contributed by atoms with van der Waals surface area (Å²) in [5.41, 5.74) is 5.26. The van der Waals surface area contributed by atoms with E-state index in [0.717, 1.165) is 43.8 Å². The van der Waals surface area contributed by atoms with Crippen LogP contribution in [-0.4, -0.2) is 53.4 Å². The van der Waals surface area contributed by atoms with Crippen molar-refractivity contribution < 1.29 is 9.47 Å². The quantitative estimate of drug-likeness (QED) is 0.336. The summed E-state index contributed by atoms with van der Waals surface area (Å²) < 4.78 is 16.9. The summed E-state index contributed by atoms with van der Waals surface area (Å²) in [6.07, 6.45) is 11.4. The van der Waals surface area contributed by atoms with E-state index >= 15 is 0 Å². The van der Waals surface area contributed by atoms with E-state index in [-0.39, 0.29) is 0 Å². The molecule has 0 unspecified atom stereocenters. The van der Waals surface area contributed by atoms with Crippen LogP contribution in [0.3, 0.4) is 0 Å². The van der Waals surface area contributed by atoms with Gasteiger partial charge in [0.05, 0.1) is 32.1 Å². The van der Waals surface area contributed by atoms with Crippen LogP contribution >= 0.6 is 11.8 Å². The molecule has 1 aromatic carbocycles. The summed E-state index contributed by atoms with van der Waals surface area (Å²) in [6, 6.07) is 8.02. The molecule has 0 aliphatic heterocycles. The molecule has 0 atom stereocenters. The van der Waals surface area contributed by atoms with E-state index in [2.05, 4.69) is 31.4 Å². The average molecular weight is 499 g/mol. The van der Waals surface area contributed by atoms with Crippen LogP contribution in [0.5, 0.6) is 11.5 Å². The van der Waals surface area contributed by atoms with E-state index in [0.29, 0.717) is 16.6 Å². The molecule has 0 saturated heterocycles. The van der Waals surface area contributed by atoms with Crippen LogP contribution in [0.25, 0.3) is 38.8 Å². The number of nitrogens with zero attached hydrogens (tertiary/aromatic N) is 8. The van der Waals surface area contributed by atoms with Crippen LogP contribution in [-0.2, 0) is 14.1 Å². The Hall–Kier alpha value is -4.38. The van der Waals surface area contributed by atoms with Gasteiger partial charge in [-0.2, -0.15) is 10.2 Å². The van der Waals surface area contributed by atoms with Crippen molar-refractivity contribution in [1.29, 1.82) is 0 Å². The Morgan fingerprint density at radius 3 is 2.28 bits per heavy atom. The number of aromatic nitrogens is 8. The Bertz CT molecular complexity index is 1740. The Morgan fingerprint density at radius 2 is 1.58 bits per heavy atom. The highest BCUT2D eigenvalue weighted by molar-refractivity contribution is 7.99. The SMILES string of the molecule is COc1c(-c2cnn(C)c2)cnc2ccc(Sc3nnc4c(OC)cc(-c5cnn(C)c5)cn34)cc12. The number of hydrogen-bond donors (Lipinski definition) is 0. The predicted molar refractivity (Wildman–Crippen MR) is 136 cm³/mol. The Labute approximate surface area is 210 Å². The first-order valence-electron chi connectivity index (χ1n) is 11.1. The smallest absolute Gasteiger partial charge is 0.203 e. The first-order chi connectivity index (χ1) is 17.5. The lowest BCUT2D eigenvalue weighted by atomic mass is 10.1.